The number of aromatic nitrogens is 2. The first kappa shape index (κ1) is 6.97. The second kappa shape index (κ2) is 2.41. The van der Waals surface area contributed by atoms with Crippen molar-refractivity contribution in [2.45, 2.75) is 6.42 Å². The SMILES string of the molecule is C=C1CC=Nc2c(N)ncnc21. The largest absolute Gasteiger partial charge is 0.382 e. The van der Waals surface area contributed by atoms with Crippen molar-refractivity contribution in [2.24, 2.45) is 4.99 Å². The minimum atomic E-state index is 0.414. The highest BCUT2D eigenvalue weighted by Crippen LogP contribution is 2.31. The van der Waals surface area contributed by atoms with Gasteiger partial charge in [-0.05, 0) is 5.57 Å². The van der Waals surface area contributed by atoms with Crippen LogP contribution in [0.25, 0.3) is 5.57 Å². The van der Waals surface area contributed by atoms with Gasteiger partial charge in [0.2, 0.25) is 0 Å². The molecule has 0 unspecified atom stereocenters. The Balaban J connectivity index is 2.69. The molecular formula is C8H8N4. The molecule has 0 saturated carbocycles. The van der Waals surface area contributed by atoms with Gasteiger partial charge >= 0.3 is 0 Å². The molecule has 1 aliphatic rings. The van der Waals surface area contributed by atoms with Crippen LogP contribution >= 0.6 is 0 Å². The van der Waals surface area contributed by atoms with Crippen molar-refractivity contribution < 1.29 is 0 Å². The summed E-state index contributed by atoms with van der Waals surface area (Å²) in [6.07, 6.45) is 3.94. The van der Waals surface area contributed by atoms with Crippen LogP contribution in [0.4, 0.5) is 11.5 Å². The molecule has 0 fully saturated rings. The van der Waals surface area contributed by atoms with E-state index in [1.54, 1.807) is 6.21 Å². The van der Waals surface area contributed by atoms with Gasteiger partial charge in [0, 0.05) is 12.6 Å². The van der Waals surface area contributed by atoms with Gasteiger partial charge in [-0.1, -0.05) is 6.58 Å². The zero-order valence-electron chi connectivity index (χ0n) is 6.49. The summed E-state index contributed by atoms with van der Waals surface area (Å²) in [4.78, 5) is 12.0. The van der Waals surface area contributed by atoms with Crippen LogP contribution in [0.5, 0.6) is 0 Å². The van der Waals surface area contributed by atoms with Gasteiger partial charge in [-0.3, -0.25) is 4.99 Å². The number of allylic oxidation sites excluding steroid dienone is 1. The monoisotopic (exact) mass is 160 g/mol. The summed E-state index contributed by atoms with van der Waals surface area (Å²) < 4.78 is 0. The van der Waals surface area contributed by atoms with Crippen molar-refractivity contribution in [2.75, 3.05) is 5.73 Å². The molecule has 12 heavy (non-hydrogen) atoms. The van der Waals surface area contributed by atoms with E-state index in [-0.39, 0.29) is 0 Å². The summed E-state index contributed by atoms with van der Waals surface area (Å²) in [6, 6.07) is 0. The Bertz CT molecular complexity index is 367. The highest BCUT2D eigenvalue weighted by molar-refractivity contribution is 5.90. The van der Waals surface area contributed by atoms with Crippen LogP contribution in [0.2, 0.25) is 0 Å². The Labute approximate surface area is 69.9 Å². The molecule has 0 bridgehead atoms. The van der Waals surface area contributed by atoms with E-state index in [1.165, 1.54) is 6.33 Å². The number of fused-ring (bicyclic) bond motifs is 1. The maximum Gasteiger partial charge on any atom is 0.153 e. The van der Waals surface area contributed by atoms with Gasteiger partial charge in [0.15, 0.2) is 5.82 Å². The first-order valence-electron chi connectivity index (χ1n) is 3.60. The lowest BCUT2D eigenvalue weighted by molar-refractivity contribution is 1.12. The van der Waals surface area contributed by atoms with Gasteiger partial charge < -0.3 is 5.73 Å². The van der Waals surface area contributed by atoms with E-state index >= 15 is 0 Å². The lowest BCUT2D eigenvalue weighted by atomic mass is 10.1. The van der Waals surface area contributed by atoms with Crippen molar-refractivity contribution in [3.05, 3.63) is 18.6 Å². The molecule has 0 aliphatic carbocycles. The molecular weight excluding hydrogens is 152 g/mol. The smallest absolute Gasteiger partial charge is 0.153 e. The average Bonchev–Trinajstić information content (AvgIpc) is 2.07. The predicted molar refractivity (Wildman–Crippen MR) is 48.2 cm³/mol. The number of nitrogens with two attached hydrogens (primary N) is 1. The molecule has 4 heteroatoms. The van der Waals surface area contributed by atoms with E-state index in [1.807, 2.05) is 0 Å². The molecule has 1 aromatic heterocycles. The minimum absolute atomic E-state index is 0.414. The molecule has 0 atom stereocenters. The Hall–Kier alpha value is -1.71. The summed E-state index contributed by atoms with van der Waals surface area (Å²) in [7, 11) is 0. The number of hydrogen-bond acceptors (Lipinski definition) is 4. The van der Waals surface area contributed by atoms with Crippen molar-refractivity contribution in [1.29, 1.82) is 0 Å². The first-order valence-corrected chi connectivity index (χ1v) is 3.60. The molecule has 1 aromatic rings. The minimum Gasteiger partial charge on any atom is -0.382 e. The maximum atomic E-state index is 5.60. The molecule has 0 amide bonds. The second-order valence-corrected chi connectivity index (χ2v) is 2.58. The number of nitrogens with zero attached hydrogens (tertiary/aromatic N) is 3. The Morgan fingerprint density at radius 3 is 3.00 bits per heavy atom. The molecule has 2 heterocycles. The van der Waals surface area contributed by atoms with Gasteiger partial charge in [0.05, 0.1) is 5.69 Å². The van der Waals surface area contributed by atoms with Crippen LogP contribution in [-0.4, -0.2) is 16.2 Å². The third kappa shape index (κ3) is 0.887. The van der Waals surface area contributed by atoms with Crippen molar-refractivity contribution in [1.82, 2.24) is 9.97 Å². The van der Waals surface area contributed by atoms with Gasteiger partial charge in [0.25, 0.3) is 0 Å². The zero-order valence-corrected chi connectivity index (χ0v) is 6.49. The summed E-state index contributed by atoms with van der Waals surface area (Å²) in [5, 5.41) is 0. The van der Waals surface area contributed by atoms with Crippen LogP contribution in [0.15, 0.2) is 17.9 Å². The standard InChI is InChI=1S/C8H8N4/c1-5-2-3-10-7-6(5)11-4-12-8(7)9/h3-4H,1-2H2,(H2,9,11,12). The summed E-state index contributed by atoms with van der Waals surface area (Å²) in [5.74, 6) is 0.414. The van der Waals surface area contributed by atoms with E-state index in [2.05, 4.69) is 21.5 Å². The van der Waals surface area contributed by atoms with Crippen molar-refractivity contribution in [3.63, 3.8) is 0 Å². The molecule has 60 valence electrons. The Morgan fingerprint density at radius 2 is 2.25 bits per heavy atom. The molecule has 0 aromatic carbocycles. The normalized spacial score (nSPS) is 14.5. The number of rotatable bonds is 0. The molecule has 0 saturated heterocycles. The fourth-order valence-electron chi connectivity index (χ4n) is 1.12. The van der Waals surface area contributed by atoms with Crippen molar-refractivity contribution >= 4 is 23.3 Å². The van der Waals surface area contributed by atoms with Crippen molar-refractivity contribution in [3.8, 4) is 0 Å². The predicted octanol–water partition coefficient (Wildman–Crippen LogP) is 1.18. The highest BCUT2D eigenvalue weighted by atomic mass is 15.0. The topological polar surface area (TPSA) is 64.2 Å². The van der Waals surface area contributed by atoms with E-state index < -0.39 is 0 Å². The van der Waals surface area contributed by atoms with Crippen LogP contribution in [0, 0.1) is 0 Å². The zero-order chi connectivity index (χ0) is 8.55. The molecule has 2 rings (SSSR count). The van der Waals surface area contributed by atoms with Crippen LogP contribution in [0.3, 0.4) is 0 Å². The fourth-order valence-corrected chi connectivity index (χ4v) is 1.12. The van der Waals surface area contributed by atoms with Crippen LogP contribution < -0.4 is 5.73 Å². The average molecular weight is 160 g/mol. The van der Waals surface area contributed by atoms with Crippen LogP contribution in [0.1, 0.15) is 12.1 Å². The number of anilines is 1. The lowest BCUT2D eigenvalue weighted by Gasteiger charge is -2.10. The number of nitrogen functional groups attached to an aromatic ring is 1. The van der Waals surface area contributed by atoms with Gasteiger partial charge in [-0.25, -0.2) is 9.97 Å². The molecule has 2 N–H and O–H groups in total. The van der Waals surface area contributed by atoms with Gasteiger partial charge in [0.1, 0.15) is 12.0 Å². The van der Waals surface area contributed by atoms with E-state index in [0.717, 1.165) is 17.7 Å². The summed E-state index contributed by atoms with van der Waals surface area (Å²) >= 11 is 0. The molecule has 4 nitrogen and oxygen atoms in total. The van der Waals surface area contributed by atoms with Crippen LogP contribution in [-0.2, 0) is 0 Å². The summed E-state index contributed by atoms with van der Waals surface area (Å²) in [6.45, 7) is 3.86. The summed E-state index contributed by atoms with van der Waals surface area (Å²) in [5.41, 5.74) is 7.95. The van der Waals surface area contributed by atoms with Gasteiger partial charge in [-0.2, -0.15) is 0 Å². The number of aliphatic imine (C=N–C) groups is 1. The Morgan fingerprint density at radius 1 is 1.42 bits per heavy atom. The third-order valence-electron chi connectivity index (χ3n) is 1.74. The van der Waals surface area contributed by atoms with E-state index in [0.29, 0.717) is 11.5 Å². The maximum absolute atomic E-state index is 5.60. The quantitative estimate of drug-likeness (QED) is 0.619. The lowest BCUT2D eigenvalue weighted by Crippen LogP contribution is -2.00. The van der Waals surface area contributed by atoms with E-state index in [9.17, 15) is 0 Å². The second-order valence-electron chi connectivity index (χ2n) is 2.58. The fraction of sp³-hybridized carbons (Fsp3) is 0.125. The van der Waals surface area contributed by atoms with Gasteiger partial charge in [-0.15, -0.1) is 0 Å². The van der Waals surface area contributed by atoms with E-state index in [4.69, 9.17) is 5.73 Å². The number of hydrogen-bond donors (Lipinski definition) is 1. The highest BCUT2D eigenvalue weighted by Gasteiger charge is 2.13. The molecule has 0 spiro atoms. The first-order chi connectivity index (χ1) is 5.79. The Kier molecular flexibility index (Phi) is 1.40. The third-order valence-corrected chi connectivity index (χ3v) is 1.74. The molecule has 1 aliphatic heterocycles. The molecule has 0 radical (unpaired) electrons.